The average Bonchev–Trinajstić information content (AvgIpc) is 2.59. The van der Waals surface area contributed by atoms with Crippen molar-refractivity contribution in [3.8, 4) is 0 Å². The van der Waals surface area contributed by atoms with Gasteiger partial charge in [0.05, 0.1) is 10.5 Å². The molecule has 0 aromatic rings. The summed E-state index contributed by atoms with van der Waals surface area (Å²) in [6, 6.07) is 0. The van der Waals surface area contributed by atoms with E-state index < -0.39 is 0 Å². The Labute approximate surface area is 79.8 Å². The van der Waals surface area contributed by atoms with Crippen molar-refractivity contribution in [2.24, 2.45) is 4.40 Å². The number of nitrogens with zero attached hydrogens (tertiary/aromatic N) is 1. The third-order valence-corrected chi connectivity index (χ3v) is 4.71. The topological polar surface area (TPSA) is 12.4 Å². The summed E-state index contributed by atoms with van der Waals surface area (Å²) in [6.07, 6.45) is 9.78. The molecule has 1 nitrogen and oxygen atoms in total. The highest BCUT2D eigenvalue weighted by molar-refractivity contribution is 8.09. The maximum Gasteiger partial charge on any atom is 0.0986 e. The van der Waals surface area contributed by atoms with Crippen molar-refractivity contribution in [2.45, 2.75) is 11.2 Å². The van der Waals surface area contributed by atoms with Crippen LogP contribution in [0.5, 0.6) is 0 Å². The van der Waals surface area contributed by atoms with Gasteiger partial charge in [-0.2, -0.15) is 0 Å². The molecular weight excluding hydrogens is 186 g/mol. The fourth-order valence-corrected chi connectivity index (χ4v) is 3.92. The lowest BCUT2D eigenvalue weighted by molar-refractivity contribution is 0.935. The van der Waals surface area contributed by atoms with Crippen LogP contribution in [-0.2, 0) is 0 Å². The molecule has 60 valence electrons. The zero-order chi connectivity index (χ0) is 8.02. The molecule has 2 aliphatic heterocycles. The van der Waals surface area contributed by atoms with Crippen LogP contribution in [0.15, 0.2) is 39.0 Å². The lowest BCUT2D eigenvalue weighted by Gasteiger charge is -2.25. The van der Waals surface area contributed by atoms with Crippen LogP contribution in [0.1, 0.15) is 6.42 Å². The molecule has 2 heterocycles. The second kappa shape index (κ2) is 2.30. The molecule has 0 aromatic heterocycles. The highest BCUT2D eigenvalue weighted by Crippen LogP contribution is 2.54. The minimum Gasteiger partial charge on any atom is -0.214 e. The zero-order valence-corrected chi connectivity index (χ0v) is 7.99. The van der Waals surface area contributed by atoms with Crippen molar-refractivity contribution in [3.63, 3.8) is 0 Å². The zero-order valence-electron chi connectivity index (χ0n) is 6.36. The summed E-state index contributed by atoms with van der Waals surface area (Å²) in [4.78, 5) is 1.40. The Morgan fingerprint density at radius 2 is 2.50 bits per heavy atom. The Morgan fingerprint density at radius 3 is 3.50 bits per heavy atom. The first-order valence-electron chi connectivity index (χ1n) is 3.89. The summed E-state index contributed by atoms with van der Waals surface area (Å²) >= 11 is 3.53. The Kier molecular flexibility index (Phi) is 1.35. The molecule has 0 saturated heterocycles. The molecule has 3 aliphatic rings. The van der Waals surface area contributed by atoms with Gasteiger partial charge in [-0.1, -0.05) is 12.2 Å². The van der Waals surface area contributed by atoms with E-state index in [1.807, 2.05) is 11.8 Å². The largest absolute Gasteiger partial charge is 0.214 e. The highest BCUT2D eigenvalue weighted by atomic mass is 32.2. The first kappa shape index (κ1) is 7.04. The molecule has 3 heteroatoms. The smallest absolute Gasteiger partial charge is 0.0986 e. The van der Waals surface area contributed by atoms with Crippen molar-refractivity contribution in [2.75, 3.05) is 0 Å². The molecule has 0 saturated carbocycles. The molecule has 0 bridgehead atoms. The van der Waals surface area contributed by atoms with Crippen LogP contribution in [0, 0.1) is 0 Å². The van der Waals surface area contributed by atoms with E-state index in [9.17, 15) is 0 Å². The maximum absolute atomic E-state index is 4.45. The Bertz CT molecular complexity index is 352. The predicted molar refractivity (Wildman–Crippen MR) is 56.3 cm³/mol. The van der Waals surface area contributed by atoms with E-state index in [-0.39, 0.29) is 4.75 Å². The van der Waals surface area contributed by atoms with Gasteiger partial charge in [-0.15, -0.1) is 11.8 Å². The van der Waals surface area contributed by atoms with E-state index in [0.717, 1.165) is 6.42 Å². The van der Waals surface area contributed by atoms with Crippen LogP contribution in [0.2, 0.25) is 0 Å². The fourth-order valence-electron chi connectivity index (χ4n) is 1.68. The van der Waals surface area contributed by atoms with Crippen molar-refractivity contribution in [1.82, 2.24) is 0 Å². The van der Waals surface area contributed by atoms with Crippen LogP contribution < -0.4 is 0 Å². The van der Waals surface area contributed by atoms with Crippen LogP contribution in [0.3, 0.4) is 0 Å². The summed E-state index contributed by atoms with van der Waals surface area (Å²) in [5, 5.41) is 2.16. The van der Waals surface area contributed by atoms with Gasteiger partial charge in [0.15, 0.2) is 0 Å². The van der Waals surface area contributed by atoms with Gasteiger partial charge in [-0.25, -0.2) is 4.40 Å². The van der Waals surface area contributed by atoms with Gasteiger partial charge in [0.1, 0.15) is 0 Å². The van der Waals surface area contributed by atoms with Crippen LogP contribution in [0.4, 0.5) is 0 Å². The molecule has 0 aromatic carbocycles. The lowest BCUT2D eigenvalue weighted by atomic mass is 9.94. The number of rotatable bonds is 0. The number of hydrogen-bond donors (Lipinski definition) is 0. The average molecular weight is 193 g/mol. The predicted octanol–water partition coefficient (Wildman–Crippen LogP) is 2.93. The molecule has 3 rings (SSSR count). The van der Waals surface area contributed by atoms with Gasteiger partial charge < -0.3 is 0 Å². The highest BCUT2D eigenvalue weighted by Gasteiger charge is 2.45. The quantitative estimate of drug-likeness (QED) is 0.548. The molecule has 0 fully saturated rings. The first-order chi connectivity index (χ1) is 5.92. The van der Waals surface area contributed by atoms with Gasteiger partial charge in [0.2, 0.25) is 0 Å². The molecule has 0 N–H and O–H groups in total. The normalized spacial score (nSPS) is 36.0. The number of hydrogen-bond acceptors (Lipinski definition) is 3. The third-order valence-electron chi connectivity index (χ3n) is 2.34. The Morgan fingerprint density at radius 1 is 1.50 bits per heavy atom. The molecule has 0 amide bonds. The van der Waals surface area contributed by atoms with E-state index in [0.29, 0.717) is 0 Å². The van der Waals surface area contributed by atoms with Gasteiger partial charge in [-0.3, -0.25) is 0 Å². The standard InChI is InChI=1S/C9H7NS2/c1-2-5-9-7(4-6-11-9)10-12-8(9)3-1/h1-4,6H,5H2. The Hall–Kier alpha value is -0.410. The van der Waals surface area contributed by atoms with Gasteiger partial charge >= 0.3 is 0 Å². The second-order valence-corrected chi connectivity index (χ2v) is 4.99. The second-order valence-electron chi connectivity index (χ2n) is 2.98. The first-order valence-corrected chi connectivity index (χ1v) is 5.54. The summed E-state index contributed by atoms with van der Waals surface area (Å²) in [5.41, 5.74) is 1.24. The molecule has 1 atom stereocenters. The molecule has 12 heavy (non-hydrogen) atoms. The van der Waals surface area contributed by atoms with Crippen LogP contribution in [0.25, 0.3) is 0 Å². The van der Waals surface area contributed by atoms with Crippen molar-refractivity contribution < 1.29 is 0 Å². The third kappa shape index (κ3) is 0.709. The molecule has 0 radical (unpaired) electrons. The van der Waals surface area contributed by atoms with Crippen molar-refractivity contribution in [3.05, 3.63) is 34.6 Å². The SMILES string of the molecule is C1=CCC23SC=CC2=NSC3=C1. The minimum atomic E-state index is 0.194. The van der Waals surface area contributed by atoms with Gasteiger partial charge in [-0.05, 0) is 24.0 Å². The fraction of sp³-hybridized carbons (Fsp3) is 0.222. The van der Waals surface area contributed by atoms with E-state index in [1.165, 1.54) is 10.6 Å². The summed E-state index contributed by atoms with van der Waals surface area (Å²) in [6.45, 7) is 0. The van der Waals surface area contributed by atoms with E-state index in [1.54, 1.807) is 11.9 Å². The molecular formula is C9H7NS2. The monoisotopic (exact) mass is 193 g/mol. The summed E-state index contributed by atoms with van der Waals surface area (Å²) in [7, 11) is 0. The van der Waals surface area contributed by atoms with Gasteiger partial charge in [0, 0.05) is 16.9 Å². The maximum atomic E-state index is 4.45. The summed E-state index contributed by atoms with van der Waals surface area (Å²) < 4.78 is 4.64. The van der Waals surface area contributed by atoms with E-state index in [4.69, 9.17) is 0 Å². The minimum absolute atomic E-state index is 0.194. The van der Waals surface area contributed by atoms with E-state index >= 15 is 0 Å². The van der Waals surface area contributed by atoms with Gasteiger partial charge in [0.25, 0.3) is 0 Å². The van der Waals surface area contributed by atoms with Crippen LogP contribution in [-0.4, -0.2) is 10.5 Å². The molecule has 1 aliphatic carbocycles. The van der Waals surface area contributed by atoms with Crippen molar-refractivity contribution >= 4 is 29.4 Å². The lowest BCUT2D eigenvalue weighted by Crippen LogP contribution is -2.29. The summed E-state index contributed by atoms with van der Waals surface area (Å²) in [5.74, 6) is 0. The number of thioether (sulfide) groups is 1. The molecule has 1 unspecified atom stereocenters. The van der Waals surface area contributed by atoms with Crippen LogP contribution >= 0.6 is 23.7 Å². The van der Waals surface area contributed by atoms with E-state index in [2.05, 4.69) is 34.1 Å². The number of allylic oxidation sites excluding steroid dienone is 4. The molecule has 1 spiro atoms. The Balaban J connectivity index is 2.16. The van der Waals surface area contributed by atoms with Crippen molar-refractivity contribution in [1.29, 1.82) is 0 Å².